The summed E-state index contributed by atoms with van der Waals surface area (Å²) in [5.41, 5.74) is 0. The van der Waals surface area contributed by atoms with Crippen LogP contribution >= 0.6 is 0 Å². The molecule has 1 aliphatic carbocycles. The van der Waals surface area contributed by atoms with Crippen molar-refractivity contribution in [2.75, 3.05) is 20.2 Å². The SMILES string of the molecule is COC(=O)C(C)CN(CCCn1ccnc1)C(=O)C1CCCCC1. The molecule has 1 amide bonds. The van der Waals surface area contributed by atoms with Gasteiger partial charge in [0.15, 0.2) is 0 Å². The van der Waals surface area contributed by atoms with Crippen LogP contribution in [0.25, 0.3) is 0 Å². The van der Waals surface area contributed by atoms with Gasteiger partial charge in [0.1, 0.15) is 0 Å². The number of carbonyl (C=O) groups is 2. The molecule has 6 heteroatoms. The van der Waals surface area contributed by atoms with E-state index in [2.05, 4.69) is 4.98 Å². The van der Waals surface area contributed by atoms with Gasteiger partial charge in [-0.25, -0.2) is 4.98 Å². The maximum atomic E-state index is 12.9. The van der Waals surface area contributed by atoms with Crippen LogP contribution in [-0.2, 0) is 20.9 Å². The molecular weight excluding hydrogens is 306 g/mol. The molecule has 134 valence electrons. The van der Waals surface area contributed by atoms with Crippen LogP contribution in [0.4, 0.5) is 0 Å². The first-order chi connectivity index (χ1) is 11.6. The second-order valence-electron chi connectivity index (χ2n) is 6.70. The van der Waals surface area contributed by atoms with Crippen LogP contribution in [0.2, 0.25) is 0 Å². The Hall–Kier alpha value is -1.85. The molecule has 1 aromatic heterocycles. The van der Waals surface area contributed by atoms with Gasteiger partial charge in [0, 0.05) is 37.9 Å². The molecular formula is C18H29N3O3. The van der Waals surface area contributed by atoms with Gasteiger partial charge in [0.25, 0.3) is 0 Å². The van der Waals surface area contributed by atoms with Gasteiger partial charge in [0.05, 0.1) is 19.4 Å². The van der Waals surface area contributed by atoms with Crippen molar-refractivity contribution in [2.45, 2.75) is 52.0 Å². The number of esters is 1. The van der Waals surface area contributed by atoms with Crippen LogP contribution < -0.4 is 0 Å². The Morgan fingerprint density at radius 1 is 1.33 bits per heavy atom. The van der Waals surface area contributed by atoms with Gasteiger partial charge in [-0.3, -0.25) is 9.59 Å². The highest BCUT2D eigenvalue weighted by atomic mass is 16.5. The zero-order valence-corrected chi connectivity index (χ0v) is 14.8. The lowest BCUT2D eigenvalue weighted by Crippen LogP contribution is -2.42. The first-order valence-corrected chi connectivity index (χ1v) is 8.94. The first kappa shape index (κ1) is 18.5. The average molecular weight is 335 g/mol. The molecule has 1 atom stereocenters. The summed E-state index contributed by atoms with van der Waals surface area (Å²) in [4.78, 5) is 30.5. The number of nitrogens with zero attached hydrogens (tertiary/aromatic N) is 3. The molecule has 0 saturated heterocycles. The molecule has 24 heavy (non-hydrogen) atoms. The second kappa shape index (κ2) is 9.45. The van der Waals surface area contributed by atoms with Crippen molar-refractivity contribution in [1.82, 2.24) is 14.5 Å². The fourth-order valence-corrected chi connectivity index (χ4v) is 3.37. The van der Waals surface area contributed by atoms with Crippen LogP contribution in [0.1, 0.15) is 45.4 Å². The van der Waals surface area contributed by atoms with Gasteiger partial charge < -0.3 is 14.2 Å². The summed E-state index contributed by atoms with van der Waals surface area (Å²) in [5.74, 6) is -0.227. The van der Waals surface area contributed by atoms with E-state index in [1.165, 1.54) is 13.5 Å². The molecule has 0 aliphatic heterocycles. The van der Waals surface area contributed by atoms with Gasteiger partial charge in [-0.05, 0) is 19.3 Å². The zero-order chi connectivity index (χ0) is 17.4. The van der Waals surface area contributed by atoms with E-state index >= 15 is 0 Å². The largest absolute Gasteiger partial charge is 0.469 e. The molecule has 0 aromatic carbocycles. The monoisotopic (exact) mass is 335 g/mol. The standard InChI is InChI=1S/C18H29N3O3/c1-15(18(23)24-2)13-21(11-6-10-20-12-9-19-14-20)17(22)16-7-4-3-5-8-16/h9,12,14-16H,3-8,10-11,13H2,1-2H3. The van der Waals surface area contributed by atoms with Crippen molar-refractivity contribution in [2.24, 2.45) is 11.8 Å². The number of hydrogen-bond acceptors (Lipinski definition) is 4. The minimum Gasteiger partial charge on any atom is -0.469 e. The molecule has 1 aliphatic rings. The molecule has 2 rings (SSSR count). The molecule has 6 nitrogen and oxygen atoms in total. The van der Waals surface area contributed by atoms with Crippen molar-refractivity contribution in [3.05, 3.63) is 18.7 Å². The highest BCUT2D eigenvalue weighted by Crippen LogP contribution is 2.26. The lowest BCUT2D eigenvalue weighted by atomic mass is 9.88. The molecule has 1 saturated carbocycles. The number of hydrogen-bond donors (Lipinski definition) is 0. The summed E-state index contributed by atoms with van der Waals surface area (Å²) in [6.07, 6.45) is 11.7. The Labute approximate surface area is 144 Å². The van der Waals surface area contributed by atoms with E-state index in [9.17, 15) is 9.59 Å². The van der Waals surface area contributed by atoms with E-state index in [1.807, 2.05) is 22.6 Å². The quantitative estimate of drug-likeness (QED) is 0.685. The van der Waals surface area contributed by atoms with E-state index in [0.717, 1.165) is 38.6 Å². The third-order valence-corrected chi connectivity index (χ3v) is 4.77. The third-order valence-electron chi connectivity index (χ3n) is 4.77. The van der Waals surface area contributed by atoms with E-state index in [1.54, 1.807) is 12.5 Å². The lowest BCUT2D eigenvalue weighted by molar-refractivity contribution is -0.147. The first-order valence-electron chi connectivity index (χ1n) is 8.94. The van der Waals surface area contributed by atoms with Gasteiger partial charge in [-0.15, -0.1) is 0 Å². The third kappa shape index (κ3) is 5.35. The smallest absolute Gasteiger partial charge is 0.310 e. The molecule has 1 heterocycles. The van der Waals surface area contributed by atoms with Gasteiger partial charge in [-0.2, -0.15) is 0 Å². The fourth-order valence-electron chi connectivity index (χ4n) is 3.37. The Balaban J connectivity index is 1.93. The van der Waals surface area contributed by atoms with Gasteiger partial charge >= 0.3 is 5.97 Å². The number of rotatable bonds is 8. The maximum absolute atomic E-state index is 12.9. The number of methoxy groups -OCH3 is 1. The van der Waals surface area contributed by atoms with Crippen molar-refractivity contribution in [3.8, 4) is 0 Å². The number of imidazole rings is 1. The summed E-state index contributed by atoms with van der Waals surface area (Å²) in [6.45, 7) is 3.74. The summed E-state index contributed by atoms with van der Waals surface area (Å²) < 4.78 is 6.82. The molecule has 0 N–H and O–H groups in total. The lowest BCUT2D eigenvalue weighted by Gasteiger charge is -2.30. The maximum Gasteiger partial charge on any atom is 0.310 e. The van der Waals surface area contributed by atoms with E-state index in [4.69, 9.17) is 4.74 Å². The van der Waals surface area contributed by atoms with E-state index < -0.39 is 0 Å². The Morgan fingerprint density at radius 3 is 2.71 bits per heavy atom. The number of aromatic nitrogens is 2. The fraction of sp³-hybridized carbons (Fsp3) is 0.722. The summed E-state index contributed by atoms with van der Waals surface area (Å²) in [5, 5.41) is 0. The van der Waals surface area contributed by atoms with Crippen molar-refractivity contribution in [3.63, 3.8) is 0 Å². The topological polar surface area (TPSA) is 64.4 Å². The van der Waals surface area contributed by atoms with Crippen molar-refractivity contribution < 1.29 is 14.3 Å². The van der Waals surface area contributed by atoms with E-state index in [0.29, 0.717) is 13.1 Å². The van der Waals surface area contributed by atoms with Gasteiger partial charge in [-0.1, -0.05) is 26.2 Å². The van der Waals surface area contributed by atoms with Crippen LogP contribution in [0.5, 0.6) is 0 Å². The summed E-state index contributed by atoms with van der Waals surface area (Å²) in [6, 6.07) is 0. The number of aryl methyl sites for hydroxylation is 1. The zero-order valence-electron chi connectivity index (χ0n) is 14.8. The minimum atomic E-state index is -0.296. The van der Waals surface area contributed by atoms with Crippen molar-refractivity contribution >= 4 is 11.9 Å². The summed E-state index contributed by atoms with van der Waals surface area (Å²) >= 11 is 0. The normalized spacial score (nSPS) is 16.6. The summed E-state index contributed by atoms with van der Waals surface area (Å²) in [7, 11) is 1.39. The Morgan fingerprint density at radius 2 is 2.08 bits per heavy atom. The molecule has 0 radical (unpaired) electrons. The predicted molar refractivity (Wildman–Crippen MR) is 91.2 cm³/mol. The van der Waals surface area contributed by atoms with Crippen LogP contribution in [0, 0.1) is 11.8 Å². The predicted octanol–water partition coefficient (Wildman–Crippen LogP) is 2.49. The molecule has 1 unspecified atom stereocenters. The van der Waals surface area contributed by atoms with Gasteiger partial charge in [0.2, 0.25) is 5.91 Å². The number of ether oxygens (including phenoxy) is 1. The number of amides is 1. The highest BCUT2D eigenvalue weighted by molar-refractivity contribution is 5.80. The Bertz CT molecular complexity index is 510. The van der Waals surface area contributed by atoms with Crippen LogP contribution in [0.15, 0.2) is 18.7 Å². The number of carbonyl (C=O) groups excluding carboxylic acids is 2. The highest BCUT2D eigenvalue weighted by Gasteiger charge is 2.28. The average Bonchev–Trinajstić information content (AvgIpc) is 3.13. The Kier molecular flexibility index (Phi) is 7.28. The minimum absolute atomic E-state index is 0.122. The molecule has 1 fully saturated rings. The van der Waals surface area contributed by atoms with Crippen molar-refractivity contribution in [1.29, 1.82) is 0 Å². The molecule has 0 bridgehead atoms. The second-order valence-corrected chi connectivity index (χ2v) is 6.70. The van der Waals surface area contributed by atoms with E-state index in [-0.39, 0.29) is 23.7 Å². The molecule has 1 aromatic rings. The van der Waals surface area contributed by atoms with Crippen LogP contribution in [-0.4, -0.2) is 46.5 Å². The van der Waals surface area contributed by atoms with Crippen LogP contribution in [0.3, 0.4) is 0 Å². The molecule has 0 spiro atoms.